The van der Waals surface area contributed by atoms with Gasteiger partial charge in [0.15, 0.2) is 5.76 Å². The van der Waals surface area contributed by atoms with Gasteiger partial charge in [0.05, 0.1) is 11.8 Å². The number of anilines is 1. The minimum Gasteiger partial charge on any atom is -0.436 e. The van der Waals surface area contributed by atoms with Crippen LogP contribution in [0.5, 0.6) is 0 Å². The Labute approximate surface area is 163 Å². The lowest BCUT2D eigenvalue weighted by Crippen LogP contribution is -2.14. The molecule has 0 fully saturated rings. The van der Waals surface area contributed by atoms with E-state index < -0.39 is 0 Å². The van der Waals surface area contributed by atoms with E-state index in [1.165, 1.54) is 0 Å². The maximum absolute atomic E-state index is 12.9. The van der Waals surface area contributed by atoms with E-state index in [9.17, 15) is 4.79 Å². The molecule has 0 aliphatic carbocycles. The molecule has 1 amide bonds. The fourth-order valence-corrected chi connectivity index (χ4v) is 3.15. The molecule has 4 rings (SSSR count). The summed E-state index contributed by atoms with van der Waals surface area (Å²) in [5.41, 5.74) is 5.09. The van der Waals surface area contributed by atoms with Crippen LogP contribution in [0.15, 0.2) is 83.4 Å². The van der Waals surface area contributed by atoms with Crippen molar-refractivity contribution in [2.75, 3.05) is 5.32 Å². The highest BCUT2D eigenvalue weighted by Crippen LogP contribution is 2.29. The monoisotopic (exact) mass is 368 g/mol. The first kappa shape index (κ1) is 17.7. The van der Waals surface area contributed by atoms with E-state index in [0.29, 0.717) is 22.8 Å². The third-order valence-electron chi connectivity index (χ3n) is 4.60. The van der Waals surface area contributed by atoms with Crippen LogP contribution in [0.3, 0.4) is 0 Å². The molecule has 1 heterocycles. The highest BCUT2D eigenvalue weighted by Gasteiger charge is 2.17. The van der Waals surface area contributed by atoms with Crippen LogP contribution in [-0.2, 0) is 0 Å². The molecule has 4 nitrogen and oxygen atoms in total. The van der Waals surface area contributed by atoms with Crippen molar-refractivity contribution in [1.82, 2.24) is 4.98 Å². The van der Waals surface area contributed by atoms with Crippen LogP contribution in [0.2, 0.25) is 0 Å². The van der Waals surface area contributed by atoms with E-state index in [2.05, 4.69) is 10.3 Å². The van der Waals surface area contributed by atoms with E-state index in [-0.39, 0.29) is 5.91 Å². The van der Waals surface area contributed by atoms with E-state index >= 15 is 0 Å². The average Bonchev–Trinajstić information content (AvgIpc) is 3.21. The topological polar surface area (TPSA) is 55.1 Å². The standard InChI is InChI=1S/C24H20N2O2/c1-16-12-13-21(17(2)14-16)26-23(27)19-10-6-7-11-20(19)24-25-15-22(28-24)18-8-4-3-5-9-18/h3-15H,1-2H3,(H,26,27). The number of amides is 1. The summed E-state index contributed by atoms with van der Waals surface area (Å²) in [6.07, 6.45) is 1.68. The molecule has 0 spiro atoms. The third kappa shape index (κ3) is 3.58. The second kappa shape index (κ2) is 7.53. The maximum Gasteiger partial charge on any atom is 0.256 e. The van der Waals surface area contributed by atoms with E-state index in [1.54, 1.807) is 12.3 Å². The van der Waals surface area contributed by atoms with Crippen molar-refractivity contribution in [3.05, 3.63) is 95.7 Å². The zero-order chi connectivity index (χ0) is 19.5. The van der Waals surface area contributed by atoms with Gasteiger partial charge in [-0.15, -0.1) is 0 Å². The quantitative estimate of drug-likeness (QED) is 0.489. The zero-order valence-corrected chi connectivity index (χ0v) is 15.8. The molecule has 0 bridgehead atoms. The molecule has 4 heteroatoms. The number of benzene rings is 3. The largest absolute Gasteiger partial charge is 0.436 e. The number of hydrogen-bond donors (Lipinski definition) is 1. The second-order valence-electron chi connectivity index (χ2n) is 6.71. The number of aryl methyl sites for hydroxylation is 2. The molecule has 1 aromatic heterocycles. The summed E-state index contributed by atoms with van der Waals surface area (Å²) in [5.74, 6) is 0.896. The van der Waals surface area contributed by atoms with Gasteiger partial charge in [-0.2, -0.15) is 0 Å². The number of aromatic nitrogens is 1. The minimum atomic E-state index is -0.193. The second-order valence-corrected chi connectivity index (χ2v) is 6.71. The van der Waals surface area contributed by atoms with Crippen LogP contribution >= 0.6 is 0 Å². The first-order chi connectivity index (χ1) is 13.6. The predicted octanol–water partition coefficient (Wildman–Crippen LogP) is 5.88. The lowest BCUT2D eigenvalue weighted by atomic mass is 10.1. The Morgan fingerprint density at radius 2 is 1.68 bits per heavy atom. The number of nitrogens with one attached hydrogen (secondary N) is 1. The van der Waals surface area contributed by atoms with Gasteiger partial charge in [0.2, 0.25) is 5.89 Å². The number of rotatable bonds is 4. The molecule has 138 valence electrons. The molecule has 1 N–H and O–H groups in total. The summed E-state index contributed by atoms with van der Waals surface area (Å²) in [7, 11) is 0. The Hall–Kier alpha value is -3.66. The van der Waals surface area contributed by atoms with Gasteiger partial charge in [-0.25, -0.2) is 4.98 Å². The Bertz CT molecular complexity index is 1130. The molecule has 4 aromatic rings. The summed E-state index contributed by atoms with van der Waals surface area (Å²) in [5, 5.41) is 2.99. The number of carbonyl (C=O) groups is 1. The number of carbonyl (C=O) groups excluding carboxylic acids is 1. The minimum absolute atomic E-state index is 0.193. The zero-order valence-electron chi connectivity index (χ0n) is 15.8. The van der Waals surface area contributed by atoms with Gasteiger partial charge in [0, 0.05) is 16.8 Å². The van der Waals surface area contributed by atoms with E-state index in [0.717, 1.165) is 22.4 Å². The van der Waals surface area contributed by atoms with Gasteiger partial charge < -0.3 is 9.73 Å². The Balaban J connectivity index is 1.66. The average molecular weight is 368 g/mol. The molecule has 0 unspecified atom stereocenters. The van der Waals surface area contributed by atoms with E-state index in [1.807, 2.05) is 80.6 Å². The fraction of sp³-hybridized carbons (Fsp3) is 0.0833. The summed E-state index contributed by atoms with van der Waals surface area (Å²) in [6.45, 7) is 4.01. The fourth-order valence-electron chi connectivity index (χ4n) is 3.15. The lowest BCUT2D eigenvalue weighted by molar-refractivity contribution is 0.102. The van der Waals surface area contributed by atoms with Crippen LogP contribution in [0.25, 0.3) is 22.8 Å². The molecular formula is C24H20N2O2. The molecule has 3 aromatic carbocycles. The van der Waals surface area contributed by atoms with Crippen LogP contribution in [0.4, 0.5) is 5.69 Å². The van der Waals surface area contributed by atoms with Crippen LogP contribution in [-0.4, -0.2) is 10.9 Å². The highest BCUT2D eigenvalue weighted by atomic mass is 16.4. The summed E-state index contributed by atoms with van der Waals surface area (Å²) in [6, 6.07) is 23.0. The molecule has 0 saturated carbocycles. The Morgan fingerprint density at radius 3 is 2.46 bits per heavy atom. The summed E-state index contributed by atoms with van der Waals surface area (Å²) >= 11 is 0. The summed E-state index contributed by atoms with van der Waals surface area (Å²) < 4.78 is 5.95. The van der Waals surface area contributed by atoms with E-state index in [4.69, 9.17) is 4.42 Å². The van der Waals surface area contributed by atoms with Crippen molar-refractivity contribution < 1.29 is 9.21 Å². The van der Waals surface area contributed by atoms with Crippen molar-refractivity contribution in [3.8, 4) is 22.8 Å². The Kier molecular flexibility index (Phi) is 4.77. The lowest BCUT2D eigenvalue weighted by Gasteiger charge is -2.11. The van der Waals surface area contributed by atoms with Crippen molar-refractivity contribution in [1.29, 1.82) is 0 Å². The normalized spacial score (nSPS) is 10.6. The molecule has 0 radical (unpaired) electrons. The number of oxazole rings is 1. The first-order valence-corrected chi connectivity index (χ1v) is 9.11. The molecule has 0 atom stereocenters. The third-order valence-corrected chi connectivity index (χ3v) is 4.60. The number of hydrogen-bond acceptors (Lipinski definition) is 3. The van der Waals surface area contributed by atoms with Gasteiger partial charge >= 0.3 is 0 Å². The van der Waals surface area contributed by atoms with Crippen LogP contribution in [0.1, 0.15) is 21.5 Å². The molecular weight excluding hydrogens is 348 g/mol. The number of nitrogens with zero attached hydrogens (tertiary/aromatic N) is 1. The smallest absolute Gasteiger partial charge is 0.256 e. The highest BCUT2D eigenvalue weighted by molar-refractivity contribution is 6.08. The van der Waals surface area contributed by atoms with Gasteiger partial charge in [-0.05, 0) is 37.6 Å². The van der Waals surface area contributed by atoms with Gasteiger partial charge in [0.1, 0.15) is 0 Å². The summed E-state index contributed by atoms with van der Waals surface area (Å²) in [4.78, 5) is 17.3. The van der Waals surface area contributed by atoms with Crippen molar-refractivity contribution in [2.45, 2.75) is 13.8 Å². The Morgan fingerprint density at radius 1 is 0.929 bits per heavy atom. The van der Waals surface area contributed by atoms with Gasteiger partial charge in [-0.1, -0.05) is 60.2 Å². The molecule has 28 heavy (non-hydrogen) atoms. The predicted molar refractivity (Wildman–Crippen MR) is 111 cm³/mol. The SMILES string of the molecule is Cc1ccc(NC(=O)c2ccccc2-c2ncc(-c3ccccc3)o2)c(C)c1. The molecule has 0 aliphatic heterocycles. The van der Waals surface area contributed by atoms with Crippen molar-refractivity contribution >= 4 is 11.6 Å². The van der Waals surface area contributed by atoms with Crippen molar-refractivity contribution in [3.63, 3.8) is 0 Å². The van der Waals surface area contributed by atoms with Crippen molar-refractivity contribution in [2.24, 2.45) is 0 Å². The maximum atomic E-state index is 12.9. The molecule has 0 saturated heterocycles. The first-order valence-electron chi connectivity index (χ1n) is 9.11. The van der Waals surface area contributed by atoms with Gasteiger partial charge in [-0.3, -0.25) is 4.79 Å². The van der Waals surface area contributed by atoms with Crippen LogP contribution in [0, 0.1) is 13.8 Å². The molecule has 0 aliphatic rings. The van der Waals surface area contributed by atoms with Crippen LogP contribution < -0.4 is 5.32 Å². The van der Waals surface area contributed by atoms with Gasteiger partial charge in [0.25, 0.3) is 5.91 Å².